The molecule has 1 heterocycles. The molecule has 0 spiro atoms. The smallest absolute Gasteiger partial charge is 0.265 e. The molecule has 3 rings (SSSR count). The van der Waals surface area contributed by atoms with Crippen LogP contribution < -0.4 is 10.1 Å². The van der Waals surface area contributed by atoms with Crippen molar-refractivity contribution in [2.45, 2.75) is 31.8 Å². The minimum Gasteiger partial charge on any atom is -0.490 e. The van der Waals surface area contributed by atoms with Crippen molar-refractivity contribution in [1.82, 2.24) is 0 Å². The summed E-state index contributed by atoms with van der Waals surface area (Å²) in [6.07, 6.45) is 5.19. The molecule has 2 aromatic rings. The number of hydrogen-bond acceptors (Lipinski definition) is 3. The van der Waals surface area contributed by atoms with Gasteiger partial charge in [-0.15, -0.1) is 11.3 Å². The highest BCUT2D eigenvalue weighted by molar-refractivity contribution is 7.12. The maximum absolute atomic E-state index is 11.9. The molecule has 0 bridgehead atoms. The first-order valence-electron chi connectivity index (χ1n) is 6.93. The van der Waals surface area contributed by atoms with E-state index in [2.05, 4.69) is 5.32 Å². The van der Waals surface area contributed by atoms with Gasteiger partial charge in [0.15, 0.2) is 0 Å². The second kappa shape index (κ2) is 6.09. The van der Waals surface area contributed by atoms with E-state index in [4.69, 9.17) is 4.74 Å². The molecule has 1 saturated carbocycles. The number of thiophene rings is 1. The van der Waals surface area contributed by atoms with Gasteiger partial charge < -0.3 is 10.1 Å². The van der Waals surface area contributed by atoms with E-state index in [9.17, 15) is 4.79 Å². The molecule has 1 aromatic heterocycles. The molecule has 0 unspecified atom stereocenters. The lowest BCUT2D eigenvalue weighted by Crippen LogP contribution is -2.11. The number of amides is 1. The third-order valence-electron chi connectivity index (χ3n) is 3.46. The number of benzene rings is 1. The highest BCUT2D eigenvalue weighted by Crippen LogP contribution is 2.25. The maximum atomic E-state index is 11.9. The summed E-state index contributed by atoms with van der Waals surface area (Å²) in [6, 6.07) is 11.3. The molecule has 0 aliphatic heterocycles. The molecular formula is C16H17NO2S. The molecule has 1 aromatic carbocycles. The van der Waals surface area contributed by atoms with Crippen molar-refractivity contribution in [3.63, 3.8) is 0 Å². The molecule has 104 valence electrons. The first-order chi connectivity index (χ1) is 9.81. The normalized spacial score (nSPS) is 15.2. The van der Waals surface area contributed by atoms with Gasteiger partial charge in [-0.25, -0.2) is 0 Å². The number of rotatable bonds is 4. The minimum absolute atomic E-state index is 0.0653. The Hall–Kier alpha value is -1.81. The van der Waals surface area contributed by atoms with E-state index < -0.39 is 0 Å². The summed E-state index contributed by atoms with van der Waals surface area (Å²) >= 11 is 1.44. The highest BCUT2D eigenvalue weighted by Gasteiger charge is 2.16. The topological polar surface area (TPSA) is 38.3 Å². The zero-order chi connectivity index (χ0) is 13.8. The van der Waals surface area contributed by atoms with E-state index in [-0.39, 0.29) is 5.91 Å². The van der Waals surface area contributed by atoms with Crippen LogP contribution >= 0.6 is 11.3 Å². The van der Waals surface area contributed by atoms with Crippen molar-refractivity contribution >= 4 is 22.9 Å². The van der Waals surface area contributed by atoms with Crippen molar-refractivity contribution in [2.24, 2.45) is 0 Å². The van der Waals surface area contributed by atoms with Crippen LogP contribution in [0.5, 0.6) is 5.75 Å². The second-order valence-corrected chi connectivity index (χ2v) is 5.93. The van der Waals surface area contributed by atoms with Gasteiger partial charge >= 0.3 is 0 Å². The van der Waals surface area contributed by atoms with Crippen LogP contribution in [0.25, 0.3) is 0 Å². The first kappa shape index (κ1) is 13.2. The predicted octanol–water partition coefficient (Wildman–Crippen LogP) is 4.32. The Morgan fingerprint density at radius 3 is 2.55 bits per heavy atom. The first-order valence-corrected chi connectivity index (χ1v) is 7.81. The lowest BCUT2D eigenvalue weighted by Gasteiger charge is -2.13. The summed E-state index contributed by atoms with van der Waals surface area (Å²) in [5.74, 6) is 0.815. The molecule has 1 aliphatic rings. The van der Waals surface area contributed by atoms with Crippen LogP contribution in [0.2, 0.25) is 0 Å². The Morgan fingerprint density at radius 2 is 1.90 bits per heavy atom. The minimum atomic E-state index is -0.0653. The van der Waals surface area contributed by atoms with Crippen molar-refractivity contribution < 1.29 is 9.53 Å². The van der Waals surface area contributed by atoms with Gasteiger partial charge in [0.2, 0.25) is 0 Å². The van der Waals surface area contributed by atoms with Gasteiger partial charge in [0.1, 0.15) is 5.75 Å². The van der Waals surface area contributed by atoms with Gasteiger partial charge in [-0.05, 0) is 61.4 Å². The van der Waals surface area contributed by atoms with Crippen LogP contribution in [0.3, 0.4) is 0 Å². The molecule has 3 nitrogen and oxygen atoms in total. The standard InChI is InChI=1S/C16H17NO2S/c18-16(15-6-3-11-20-15)17-12-7-9-14(10-8-12)19-13-4-1-2-5-13/h3,6-11,13H,1-2,4-5H2,(H,17,18). The van der Waals surface area contributed by atoms with Gasteiger partial charge in [0, 0.05) is 5.69 Å². The fourth-order valence-electron chi connectivity index (χ4n) is 2.42. The summed E-state index contributed by atoms with van der Waals surface area (Å²) < 4.78 is 5.90. The van der Waals surface area contributed by atoms with Gasteiger partial charge in [-0.3, -0.25) is 4.79 Å². The predicted molar refractivity (Wildman–Crippen MR) is 81.6 cm³/mol. The van der Waals surface area contributed by atoms with E-state index in [1.54, 1.807) is 0 Å². The summed E-state index contributed by atoms with van der Waals surface area (Å²) in [5.41, 5.74) is 0.794. The van der Waals surface area contributed by atoms with Crippen LogP contribution in [0.1, 0.15) is 35.4 Å². The highest BCUT2D eigenvalue weighted by atomic mass is 32.1. The second-order valence-electron chi connectivity index (χ2n) is 4.98. The van der Waals surface area contributed by atoms with E-state index in [1.165, 1.54) is 24.2 Å². The number of ether oxygens (including phenoxy) is 1. The molecule has 0 atom stereocenters. The monoisotopic (exact) mass is 287 g/mol. The molecular weight excluding hydrogens is 270 g/mol. The molecule has 4 heteroatoms. The summed E-state index contributed by atoms with van der Waals surface area (Å²) in [5, 5.41) is 4.78. The zero-order valence-electron chi connectivity index (χ0n) is 11.2. The fraction of sp³-hybridized carbons (Fsp3) is 0.312. The Balaban J connectivity index is 1.59. The molecule has 1 N–H and O–H groups in total. The number of carbonyl (C=O) groups excluding carboxylic acids is 1. The van der Waals surface area contributed by atoms with Crippen LogP contribution in [0, 0.1) is 0 Å². The van der Waals surface area contributed by atoms with Crippen LogP contribution in [0.15, 0.2) is 41.8 Å². The molecule has 0 radical (unpaired) electrons. The zero-order valence-corrected chi connectivity index (χ0v) is 12.0. The Labute approximate surface area is 122 Å². The summed E-state index contributed by atoms with van der Waals surface area (Å²) in [7, 11) is 0. The number of hydrogen-bond donors (Lipinski definition) is 1. The summed E-state index contributed by atoms with van der Waals surface area (Å²) in [6.45, 7) is 0. The third-order valence-corrected chi connectivity index (χ3v) is 4.33. The average molecular weight is 287 g/mol. The molecule has 0 saturated heterocycles. The van der Waals surface area contributed by atoms with E-state index in [0.29, 0.717) is 6.10 Å². The van der Waals surface area contributed by atoms with Gasteiger partial charge in [-0.1, -0.05) is 6.07 Å². The van der Waals surface area contributed by atoms with E-state index in [1.807, 2.05) is 41.8 Å². The van der Waals surface area contributed by atoms with Gasteiger partial charge in [0.05, 0.1) is 11.0 Å². The van der Waals surface area contributed by atoms with Crippen LogP contribution in [-0.4, -0.2) is 12.0 Å². The summed E-state index contributed by atoms with van der Waals surface area (Å²) in [4.78, 5) is 12.6. The molecule has 1 aliphatic carbocycles. The SMILES string of the molecule is O=C(Nc1ccc(OC2CCCC2)cc1)c1cccs1. The molecule has 1 fully saturated rings. The number of carbonyl (C=O) groups is 1. The molecule has 20 heavy (non-hydrogen) atoms. The number of anilines is 1. The quantitative estimate of drug-likeness (QED) is 0.909. The van der Waals surface area contributed by atoms with Crippen molar-refractivity contribution in [2.75, 3.05) is 5.32 Å². The lowest BCUT2D eigenvalue weighted by atomic mass is 10.2. The lowest BCUT2D eigenvalue weighted by molar-refractivity contribution is 0.103. The average Bonchev–Trinajstić information content (AvgIpc) is 3.13. The van der Waals surface area contributed by atoms with E-state index in [0.717, 1.165) is 29.2 Å². The Kier molecular flexibility index (Phi) is 4.02. The molecule has 1 amide bonds. The fourth-order valence-corrected chi connectivity index (χ4v) is 3.03. The van der Waals surface area contributed by atoms with Crippen molar-refractivity contribution in [1.29, 1.82) is 0 Å². The van der Waals surface area contributed by atoms with Gasteiger partial charge in [-0.2, -0.15) is 0 Å². The Bertz CT molecular complexity index is 557. The third kappa shape index (κ3) is 3.20. The number of nitrogens with one attached hydrogen (secondary N) is 1. The van der Waals surface area contributed by atoms with Crippen LogP contribution in [-0.2, 0) is 0 Å². The van der Waals surface area contributed by atoms with Crippen molar-refractivity contribution in [3.8, 4) is 5.75 Å². The van der Waals surface area contributed by atoms with Crippen molar-refractivity contribution in [3.05, 3.63) is 46.7 Å². The van der Waals surface area contributed by atoms with Gasteiger partial charge in [0.25, 0.3) is 5.91 Å². The van der Waals surface area contributed by atoms with E-state index >= 15 is 0 Å². The van der Waals surface area contributed by atoms with Crippen LogP contribution in [0.4, 0.5) is 5.69 Å². The maximum Gasteiger partial charge on any atom is 0.265 e. The Morgan fingerprint density at radius 1 is 1.15 bits per heavy atom. The largest absolute Gasteiger partial charge is 0.490 e.